The minimum atomic E-state index is -0.255. The molecule has 0 aromatic heterocycles. The minimum Gasteiger partial charge on any atom is -0.392 e. The molecule has 0 fully saturated rings. The molecule has 100 valence electrons. The lowest BCUT2D eigenvalue weighted by Gasteiger charge is -2.17. The van der Waals surface area contributed by atoms with Crippen molar-refractivity contribution in [2.75, 3.05) is 5.32 Å². The molecule has 2 N–H and O–H groups in total. The van der Waals surface area contributed by atoms with E-state index < -0.39 is 0 Å². The van der Waals surface area contributed by atoms with Gasteiger partial charge in [-0.25, -0.2) is 4.39 Å². The molecule has 0 radical (unpaired) electrons. The number of aliphatic hydroxyl groups is 1. The van der Waals surface area contributed by atoms with Gasteiger partial charge in [-0.1, -0.05) is 34.1 Å². The summed E-state index contributed by atoms with van der Waals surface area (Å²) in [5, 5.41) is 12.3. The zero-order valence-corrected chi connectivity index (χ0v) is 12.1. The Bertz CT molecular complexity index is 557. The molecule has 0 saturated heterocycles. The molecule has 0 aliphatic rings. The first-order valence-corrected chi connectivity index (χ1v) is 6.80. The van der Waals surface area contributed by atoms with Gasteiger partial charge in [-0.3, -0.25) is 0 Å². The monoisotopic (exact) mass is 323 g/mol. The highest BCUT2D eigenvalue weighted by molar-refractivity contribution is 9.10. The number of anilines is 1. The molecular formula is C15H15BrFNO. The number of hydrogen-bond acceptors (Lipinski definition) is 2. The number of halogens is 2. The molecule has 0 heterocycles. The molecule has 2 nitrogen and oxygen atoms in total. The zero-order valence-electron chi connectivity index (χ0n) is 10.5. The summed E-state index contributed by atoms with van der Waals surface area (Å²) >= 11 is 3.37. The van der Waals surface area contributed by atoms with Gasteiger partial charge in [-0.15, -0.1) is 0 Å². The molecular weight excluding hydrogens is 309 g/mol. The molecule has 1 unspecified atom stereocenters. The van der Waals surface area contributed by atoms with E-state index in [1.165, 1.54) is 12.1 Å². The second kappa shape index (κ2) is 6.17. The van der Waals surface area contributed by atoms with E-state index in [0.29, 0.717) is 0 Å². The number of nitrogens with one attached hydrogen (secondary N) is 1. The second-order valence-corrected chi connectivity index (χ2v) is 5.24. The standard InChI is InChI=1S/C15H15BrFNO/c1-10(14-7-4-12(17)8-15(14)16)18-13-5-2-11(9-19)3-6-13/h2-8,10,18-19H,9H2,1H3. The zero-order chi connectivity index (χ0) is 13.8. The molecule has 2 aromatic carbocycles. The van der Waals surface area contributed by atoms with Gasteiger partial charge < -0.3 is 10.4 Å². The Morgan fingerprint density at radius 1 is 1.21 bits per heavy atom. The summed E-state index contributed by atoms with van der Waals surface area (Å²) in [5.74, 6) is -0.255. The van der Waals surface area contributed by atoms with E-state index in [1.54, 1.807) is 6.07 Å². The molecule has 2 rings (SSSR count). The van der Waals surface area contributed by atoms with E-state index in [9.17, 15) is 4.39 Å². The number of benzene rings is 2. The maximum Gasteiger partial charge on any atom is 0.124 e. The van der Waals surface area contributed by atoms with Crippen LogP contribution in [0.2, 0.25) is 0 Å². The fourth-order valence-electron chi connectivity index (χ4n) is 1.89. The summed E-state index contributed by atoms with van der Waals surface area (Å²) in [6, 6.07) is 12.3. The quantitative estimate of drug-likeness (QED) is 0.881. The Morgan fingerprint density at radius 3 is 2.47 bits per heavy atom. The summed E-state index contributed by atoms with van der Waals surface area (Å²) < 4.78 is 13.8. The van der Waals surface area contributed by atoms with Crippen molar-refractivity contribution in [3.63, 3.8) is 0 Å². The van der Waals surface area contributed by atoms with Crippen LogP contribution >= 0.6 is 15.9 Å². The van der Waals surface area contributed by atoms with Gasteiger partial charge in [0.25, 0.3) is 0 Å². The van der Waals surface area contributed by atoms with Gasteiger partial charge in [-0.05, 0) is 42.3 Å². The van der Waals surface area contributed by atoms with Crippen LogP contribution in [-0.4, -0.2) is 5.11 Å². The fraction of sp³-hybridized carbons (Fsp3) is 0.200. The minimum absolute atomic E-state index is 0.0410. The van der Waals surface area contributed by atoms with E-state index in [4.69, 9.17) is 5.11 Å². The van der Waals surface area contributed by atoms with E-state index in [2.05, 4.69) is 21.2 Å². The number of aliphatic hydroxyl groups excluding tert-OH is 1. The van der Waals surface area contributed by atoms with Crippen LogP contribution < -0.4 is 5.32 Å². The van der Waals surface area contributed by atoms with E-state index in [0.717, 1.165) is 21.3 Å². The Hall–Kier alpha value is -1.39. The van der Waals surface area contributed by atoms with Gasteiger partial charge >= 0.3 is 0 Å². The van der Waals surface area contributed by atoms with Gasteiger partial charge in [0.05, 0.1) is 6.61 Å². The van der Waals surface area contributed by atoms with Crippen molar-refractivity contribution in [2.45, 2.75) is 19.6 Å². The van der Waals surface area contributed by atoms with Gasteiger partial charge in [-0.2, -0.15) is 0 Å². The van der Waals surface area contributed by atoms with Crippen LogP contribution in [0.25, 0.3) is 0 Å². The van der Waals surface area contributed by atoms with E-state index in [1.807, 2.05) is 31.2 Å². The Labute approximate surface area is 120 Å². The van der Waals surface area contributed by atoms with Crippen LogP contribution in [0.5, 0.6) is 0 Å². The maximum atomic E-state index is 13.0. The van der Waals surface area contributed by atoms with Crippen LogP contribution in [0.4, 0.5) is 10.1 Å². The highest BCUT2D eigenvalue weighted by Gasteiger charge is 2.10. The predicted octanol–water partition coefficient (Wildman–Crippen LogP) is 4.25. The lowest BCUT2D eigenvalue weighted by Crippen LogP contribution is -2.07. The molecule has 1 atom stereocenters. The first kappa shape index (κ1) is 14.0. The van der Waals surface area contributed by atoms with Crippen LogP contribution in [0.1, 0.15) is 24.1 Å². The largest absolute Gasteiger partial charge is 0.392 e. The SMILES string of the molecule is CC(Nc1ccc(CO)cc1)c1ccc(F)cc1Br. The van der Waals surface area contributed by atoms with Crippen molar-refractivity contribution in [1.82, 2.24) is 0 Å². The molecule has 19 heavy (non-hydrogen) atoms. The molecule has 0 amide bonds. The van der Waals surface area contributed by atoms with E-state index >= 15 is 0 Å². The molecule has 4 heteroatoms. The molecule has 0 aliphatic heterocycles. The number of hydrogen-bond donors (Lipinski definition) is 2. The molecule has 0 bridgehead atoms. The predicted molar refractivity (Wildman–Crippen MR) is 78.5 cm³/mol. The molecule has 0 spiro atoms. The highest BCUT2D eigenvalue weighted by Crippen LogP contribution is 2.27. The van der Waals surface area contributed by atoms with Gasteiger partial charge in [0.1, 0.15) is 5.82 Å². The summed E-state index contributed by atoms with van der Waals surface area (Å²) in [7, 11) is 0. The van der Waals surface area contributed by atoms with Crippen molar-refractivity contribution in [3.05, 3.63) is 63.9 Å². The van der Waals surface area contributed by atoms with Crippen LogP contribution in [0, 0.1) is 5.82 Å². The Balaban J connectivity index is 2.13. The third-order valence-corrected chi connectivity index (χ3v) is 3.64. The maximum absolute atomic E-state index is 13.0. The van der Waals surface area contributed by atoms with Crippen LogP contribution in [0.3, 0.4) is 0 Å². The normalized spacial score (nSPS) is 12.2. The van der Waals surface area contributed by atoms with E-state index in [-0.39, 0.29) is 18.5 Å². The van der Waals surface area contributed by atoms with Gasteiger partial charge in [0.2, 0.25) is 0 Å². The Morgan fingerprint density at radius 2 is 1.89 bits per heavy atom. The van der Waals surface area contributed by atoms with Crippen molar-refractivity contribution in [2.24, 2.45) is 0 Å². The van der Waals surface area contributed by atoms with Crippen LogP contribution in [-0.2, 0) is 6.61 Å². The second-order valence-electron chi connectivity index (χ2n) is 4.39. The van der Waals surface area contributed by atoms with Gasteiger partial charge in [0.15, 0.2) is 0 Å². The van der Waals surface area contributed by atoms with Crippen molar-refractivity contribution < 1.29 is 9.50 Å². The smallest absolute Gasteiger partial charge is 0.124 e. The lowest BCUT2D eigenvalue weighted by molar-refractivity contribution is 0.282. The average Bonchev–Trinajstić information content (AvgIpc) is 2.39. The molecule has 2 aromatic rings. The third kappa shape index (κ3) is 3.55. The van der Waals surface area contributed by atoms with Gasteiger partial charge in [0, 0.05) is 16.2 Å². The fourth-order valence-corrected chi connectivity index (χ4v) is 2.58. The van der Waals surface area contributed by atoms with Crippen molar-refractivity contribution in [3.8, 4) is 0 Å². The third-order valence-electron chi connectivity index (χ3n) is 2.95. The van der Waals surface area contributed by atoms with Crippen molar-refractivity contribution in [1.29, 1.82) is 0 Å². The summed E-state index contributed by atoms with van der Waals surface area (Å²) in [6.07, 6.45) is 0. The lowest BCUT2D eigenvalue weighted by atomic mass is 10.1. The first-order valence-electron chi connectivity index (χ1n) is 6.01. The average molecular weight is 324 g/mol. The highest BCUT2D eigenvalue weighted by atomic mass is 79.9. The van der Waals surface area contributed by atoms with Crippen LogP contribution in [0.15, 0.2) is 46.9 Å². The molecule has 0 aliphatic carbocycles. The number of rotatable bonds is 4. The molecule has 0 saturated carbocycles. The summed E-state index contributed by atoms with van der Waals surface area (Å²) in [5.41, 5.74) is 2.83. The summed E-state index contributed by atoms with van der Waals surface area (Å²) in [4.78, 5) is 0. The summed E-state index contributed by atoms with van der Waals surface area (Å²) in [6.45, 7) is 2.05. The Kier molecular flexibility index (Phi) is 4.56. The first-order chi connectivity index (χ1) is 9.10. The van der Waals surface area contributed by atoms with Crippen molar-refractivity contribution >= 4 is 21.6 Å². The topological polar surface area (TPSA) is 32.3 Å².